The first-order chi connectivity index (χ1) is 7.19. The van der Waals surface area contributed by atoms with Gasteiger partial charge in [0.25, 0.3) is 0 Å². The minimum atomic E-state index is 0.0661. The molecule has 0 saturated carbocycles. The van der Waals surface area contributed by atoms with E-state index >= 15 is 0 Å². The number of ketones is 1. The van der Waals surface area contributed by atoms with Gasteiger partial charge in [-0.2, -0.15) is 0 Å². The van der Waals surface area contributed by atoms with E-state index < -0.39 is 0 Å². The van der Waals surface area contributed by atoms with Crippen molar-refractivity contribution < 1.29 is 9.53 Å². The molecule has 0 spiro atoms. The molecule has 0 amide bonds. The Balaban J connectivity index is 3.03. The van der Waals surface area contributed by atoms with Crippen molar-refractivity contribution in [2.24, 2.45) is 0 Å². The first-order valence-corrected chi connectivity index (χ1v) is 5.45. The summed E-state index contributed by atoms with van der Waals surface area (Å²) in [6.07, 6.45) is 2.10. The number of hydrogen-bond donors (Lipinski definition) is 0. The van der Waals surface area contributed by atoms with Gasteiger partial charge in [-0.3, -0.25) is 4.79 Å². The van der Waals surface area contributed by atoms with Gasteiger partial charge in [0.1, 0.15) is 5.75 Å². The standard InChI is InChI=1S/C13H18O2/c1-4-6-11-7-8-13(15-5-2)12(9-11)10(3)14/h7-9H,4-6H2,1-3H3. The predicted octanol–water partition coefficient (Wildman–Crippen LogP) is 3.24. The summed E-state index contributed by atoms with van der Waals surface area (Å²) in [4.78, 5) is 11.4. The van der Waals surface area contributed by atoms with Crippen LogP contribution >= 0.6 is 0 Å². The Morgan fingerprint density at radius 3 is 2.60 bits per heavy atom. The maximum Gasteiger partial charge on any atom is 0.163 e. The summed E-state index contributed by atoms with van der Waals surface area (Å²) in [5, 5.41) is 0. The highest BCUT2D eigenvalue weighted by Gasteiger charge is 2.08. The van der Waals surface area contributed by atoms with Crippen LogP contribution in [-0.4, -0.2) is 12.4 Å². The quantitative estimate of drug-likeness (QED) is 0.691. The molecular weight excluding hydrogens is 188 g/mol. The molecule has 1 aromatic carbocycles. The number of carbonyl (C=O) groups excluding carboxylic acids is 1. The van der Waals surface area contributed by atoms with Gasteiger partial charge in [-0.15, -0.1) is 0 Å². The topological polar surface area (TPSA) is 26.3 Å². The van der Waals surface area contributed by atoms with E-state index in [4.69, 9.17) is 4.74 Å². The summed E-state index contributed by atoms with van der Waals surface area (Å²) in [5.41, 5.74) is 1.90. The van der Waals surface area contributed by atoms with Gasteiger partial charge in [-0.05, 0) is 38.0 Å². The van der Waals surface area contributed by atoms with Crippen LogP contribution in [-0.2, 0) is 6.42 Å². The molecule has 0 atom stereocenters. The Morgan fingerprint density at radius 2 is 2.07 bits per heavy atom. The molecule has 0 aromatic heterocycles. The van der Waals surface area contributed by atoms with Gasteiger partial charge in [-0.1, -0.05) is 19.4 Å². The third-order valence-electron chi connectivity index (χ3n) is 2.26. The van der Waals surface area contributed by atoms with Crippen LogP contribution in [0.3, 0.4) is 0 Å². The third-order valence-corrected chi connectivity index (χ3v) is 2.26. The monoisotopic (exact) mass is 206 g/mol. The third kappa shape index (κ3) is 3.08. The summed E-state index contributed by atoms with van der Waals surface area (Å²) in [5.74, 6) is 0.765. The second kappa shape index (κ2) is 5.54. The minimum absolute atomic E-state index is 0.0661. The first-order valence-electron chi connectivity index (χ1n) is 5.45. The summed E-state index contributed by atoms with van der Waals surface area (Å²) < 4.78 is 5.41. The van der Waals surface area contributed by atoms with Crippen molar-refractivity contribution in [2.75, 3.05) is 6.61 Å². The highest BCUT2D eigenvalue weighted by atomic mass is 16.5. The van der Waals surface area contributed by atoms with Gasteiger partial charge >= 0.3 is 0 Å². The molecule has 0 radical (unpaired) electrons. The largest absolute Gasteiger partial charge is 0.493 e. The van der Waals surface area contributed by atoms with Crippen LogP contribution in [0.25, 0.3) is 0 Å². The normalized spacial score (nSPS) is 10.1. The smallest absolute Gasteiger partial charge is 0.163 e. The van der Waals surface area contributed by atoms with Gasteiger partial charge < -0.3 is 4.74 Å². The zero-order valence-corrected chi connectivity index (χ0v) is 9.67. The SMILES string of the molecule is CCCc1ccc(OCC)c(C(C)=O)c1. The van der Waals surface area contributed by atoms with E-state index in [1.54, 1.807) is 6.92 Å². The molecular formula is C13H18O2. The predicted molar refractivity (Wildman–Crippen MR) is 61.6 cm³/mol. The average molecular weight is 206 g/mol. The molecule has 2 heteroatoms. The first kappa shape index (κ1) is 11.8. The lowest BCUT2D eigenvalue weighted by atomic mass is 10.0. The van der Waals surface area contributed by atoms with E-state index in [0.29, 0.717) is 17.9 Å². The molecule has 0 fully saturated rings. The molecule has 0 aliphatic heterocycles. The fraction of sp³-hybridized carbons (Fsp3) is 0.462. The van der Waals surface area contributed by atoms with Gasteiger partial charge in [0.2, 0.25) is 0 Å². The number of ether oxygens (including phenoxy) is 1. The highest BCUT2D eigenvalue weighted by molar-refractivity contribution is 5.97. The Kier molecular flexibility index (Phi) is 4.35. The zero-order chi connectivity index (χ0) is 11.3. The Bertz CT molecular complexity index is 342. The molecule has 0 unspecified atom stereocenters. The molecule has 0 aliphatic rings. The van der Waals surface area contributed by atoms with E-state index in [1.807, 2.05) is 25.1 Å². The minimum Gasteiger partial charge on any atom is -0.493 e. The van der Waals surface area contributed by atoms with Crippen molar-refractivity contribution in [2.45, 2.75) is 33.6 Å². The maximum atomic E-state index is 11.4. The van der Waals surface area contributed by atoms with E-state index in [1.165, 1.54) is 5.56 Å². The molecule has 0 bridgehead atoms. The summed E-state index contributed by atoms with van der Waals surface area (Å²) >= 11 is 0. The molecule has 0 N–H and O–H groups in total. The van der Waals surface area contributed by atoms with Crippen molar-refractivity contribution in [3.05, 3.63) is 29.3 Å². The zero-order valence-electron chi connectivity index (χ0n) is 9.67. The van der Waals surface area contributed by atoms with Crippen LogP contribution < -0.4 is 4.74 Å². The number of benzene rings is 1. The average Bonchev–Trinajstić information content (AvgIpc) is 2.21. The fourth-order valence-corrected chi connectivity index (χ4v) is 1.58. The fourth-order valence-electron chi connectivity index (χ4n) is 1.58. The Labute approximate surface area is 91.3 Å². The maximum absolute atomic E-state index is 11.4. The van der Waals surface area contributed by atoms with E-state index in [2.05, 4.69) is 6.92 Å². The number of hydrogen-bond acceptors (Lipinski definition) is 2. The number of carbonyl (C=O) groups is 1. The van der Waals surface area contributed by atoms with Gasteiger partial charge in [0.05, 0.1) is 12.2 Å². The van der Waals surface area contributed by atoms with Crippen LogP contribution in [0.2, 0.25) is 0 Å². The number of aryl methyl sites for hydroxylation is 1. The summed E-state index contributed by atoms with van der Waals surface area (Å²) in [6.45, 7) is 6.22. The van der Waals surface area contributed by atoms with E-state index in [-0.39, 0.29) is 5.78 Å². The van der Waals surface area contributed by atoms with Crippen molar-refractivity contribution in [1.82, 2.24) is 0 Å². The number of Topliss-reactive ketones (excluding diaryl/α,β-unsaturated/α-hetero) is 1. The molecule has 15 heavy (non-hydrogen) atoms. The Morgan fingerprint density at radius 1 is 1.33 bits per heavy atom. The van der Waals surface area contributed by atoms with Crippen molar-refractivity contribution in [3.63, 3.8) is 0 Å². The molecule has 82 valence electrons. The lowest BCUT2D eigenvalue weighted by Gasteiger charge is -2.09. The summed E-state index contributed by atoms with van der Waals surface area (Å²) in [6, 6.07) is 5.86. The highest BCUT2D eigenvalue weighted by Crippen LogP contribution is 2.21. The van der Waals surface area contributed by atoms with Gasteiger partial charge in [0, 0.05) is 0 Å². The van der Waals surface area contributed by atoms with Gasteiger partial charge in [0.15, 0.2) is 5.78 Å². The van der Waals surface area contributed by atoms with Crippen LogP contribution in [0.5, 0.6) is 5.75 Å². The molecule has 0 heterocycles. The van der Waals surface area contributed by atoms with Crippen LogP contribution in [0.4, 0.5) is 0 Å². The van der Waals surface area contributed by atoms with Crippen LogP contribution in [0, 0.1) is 0 Å². The summed E-state index contributed by atoms with van der Waals surface area (Å²) in [7, 11) is 0. The van der Waals surface area contributed by atoms with Crippen molar-refractivity contribution in [1.29, 1.82) is 0 Å². The second-order valence-electron chi connectivity index (χ2n) is 3.57. The van der Waals surface area contributed by atoms with Crippen molar-refractivity contribution in [3.8, 4) is 5.75 Å². The molecule has 0 saturated heterocycles. The molecule has 0 aliphatic carbocycles. The van der Waals surface area contributed by atoms with Gasteiger partial charge in [-0.25, -0.2) is 0 Å². The Hall–Kier alpha value is -1.31. The molecule has 1 aromatic rings. The molecule has 2 nitrogen and oxygen atoms in total. The van der Waals surface area contributed by atoms with Crippen LogP contribution in [0.1, 0.15) is 43.1 Å². The van der Waals surface area contributed by atoms with Crippen molar-refractivity contribution >= 4 is 5.78 Å². The number of rotatable bonds is 5. The lowest BCUT2D eigenvalue weighted by molar-refractivity contribution is 0.101. The lowest BCUT2D eigenvalue weighted by Crippen LogP contribution is -2.01. The van der Waals surface area contributed by atoms with E-state index in [0.717, 1.165) is 12.8 Å². The molecule has 1 rings (SSSR count). The van der Waals surface area contributed by atoms with Crippen LogP contribution in [0.15, 0.2) is 18.2 Å². The van der Waals surface area contributed by atoms with E-state index in [9.17, 15) is 4.79 Å². The second-order valence-corrected chi connectivity index (χ2v) is 3.57.